The number of aryl methyl sites for hydroxylation is 2. The van der Waals surface area contributed by atoms with Crippen molar-refractivity contribution in [1.29, 1.82) is 0 Å². The molecule has 0 saturated heterocycles. The number of hydrogen-bond acceptors (Lipinski definition) is 2. The molecule has 1 heterocycles. The van der Waals surface area contributed by atoms with E-state index in [2.05, 4.69) is 48.9 Å². The zero-order valence-electron chi connectivity index (χ0n) is 11.8. The van der Waals surface area contributed by atoms with Gasteiger partial charge in [-0.15, -0.1) is 0 Å². The van der Waals surface area contributed by atoms with E-state index in [0.717, 1.165) is 25.9 Å². The normalized spacial score (nSPS) is 12.9. The second-order valence-corrected chi connectivity index (χ2v) is 4.70. The van der Waals surface area contributed by atoms with Crippen LogP contribution in [0.1, 0.15) is 51.9 Å². The van der Waals surface area contributed by atoms with Crippen LogP contribution in [0.15, 0.2) is 6.07 Å². The Hall–Kier alpha value is -0.830. The molecule has 17 heavy (non-hydrogen) atoms. The van der Waals surface area contributed by atoms with Crippen LogP contribution in [0.5, 0.6) is 0 Å². The summed E-state index contributed by atoms with van der Waals surface area (Å²) in [5, 5.41) is 8.17. The molecule has 3 nitrogen and oxygen atoms in total. The fraction of sp³-hybridized carbons (Fsp3) is 0.786. The molecule has 1 atom stereocenters. The van der Waals surface area contributed by atoms with Crippen LogP contribution in [0.2, 0.25) is 0 Å². The monoisotopic (exact) mass is 237 g/mol. The molecule has 0 aliphatic rings. The van der Waals surface area contributed by atoms with Crippen molar-refractivity contribution in [3.8, 4) is 0 Å². The Morgan fingerprint density at radius 1 is 1.29 bits per heavy atom. The zero-order valence-corrected chi connectivity index (χ0v) is 11.8. The second kappa shape index (κ2) is 7.49. The summed E-state index contributed by atoms with van der Waals surface area (Å²) in [6.07, 6.45) is 4.59. The Morgan fingerprint density at radius 2 is 2.06 bits per heavy atom. The highest BCUT2D eigenvalue weighted by Gasteiger charge is 2.05. The number of rotatable bonds is 8. The molecular weight excluding hydrogens is 210 g/mol. The molecule has 0 saturated carbocycles. The van der Waals surface area contributed by atoms with Gasteiger partial charge in [-0.05, 0) is 32.3 Å². The zero-order chi connectivity index (χ0) is 12.7. The molecule has 98 valence electrons. The van der Waals surface area contributed by atoms with Crippen molar-refractivity contribution >= 4 is 0 Å². The molecule has 0 bridgehead atoms. The van der Waals surface area contributed by atoms with E-state index in [4.69, 9.17) is 0 Å². The van der Waals surface area contributed by atoms with Crippen LogP contribution in [-0.2, 0) is 19.4 Å². The molecular formula is C14H27N3. The minimum atomic E-state index is 0.617. The van der Waals surface area contributed by atoms with Crippen LogP contribution in [0, 0.1) is 0 Å². The van der Waals surface area contributed by atoms with Gasteiger partial charge in [0.25, 0.3) is 0 Å². The highest BCUT2D eigenvalue weighted by molar-refractivity contribution is 5.10. The van der Waals surface area contributed by atoms with E-state index in [1.165, 1.54) is 24.2 Å². The minimum absolute atomic E-state index is 0.617. The number of hydrogen-bond donors (Lipinski definition) is 1. The first-order chi connectivity index (χ1) is 8.21. The minimum Gasteiger partial charge on any atom is -0.312 e. The summed E-state index contributed by atoms with van der Waals surface area (Å²) in [4.78, 5) is 0. The fourth-order valence-electron chi connectivity index (χ4n) is 2.12. The van der Waals surface area contributed by atoms with E-state index in [9.17, 15) is 0 Å². The highest BCUT2D eigenvalue weighted by atomic mass is 15.3. The maximum Gasteiger partial charge on any atom is 0.0624 e. The number of aromatic nitrogens is 2. The first-order valence-corrected chi connectivity index (χ1v) is 7.00. The first kappa shape index (κ1) is 14.2. The van der Waals surface area contributed by atoms with E-state index < -0.39 is 0 Å². The van der Waals surface area contributed by atoms with Gasteiger partial charge >= 0.3 is 0 Å². The Balaban J connectivity index is 2.42. The molecule has 1 unspecified atom stereocenters. The van der Waals surface area contributed by atoms with Crippen molar-refractivity contribution in [3.05, 3.63) is 17.5 Å². The second-order valence-electron chi connectivity index (χ2n) is 4.70. The highest BCUT2D eigenvalue weighted by Crippen LogP contribution is 2.06. The van der Waals surface area contributed by atoms with Gasteiger partial charge in [0.2, 0.25) is 0 Å². The summed E-state index contributed by atoms with van der Waals surface area (Å²) in [5.41, 5.74) is 2.57. The standard InChI is InChI=1S/C14H27N3/c1-5-8-12(4)15-9-10-17-14(7-3)11-13(6-2)16-17/h11-12,15H,5-10H2,1-4H3. The van der Waals surface area contributed by atoms with Gasteiger partial charge in [-0.3, -0.25) is 4.68 Å². The molecule has 1 aromatic heterocycles. The van der Waals surface area contributed by atoms with Gasteiger partial charge in [0.1, 0.15) is 0 Å². The molecule has 1 aromatic rings. The number of nitrogens with zero attached hydrogens (tertiary/aromatic N) is 2. The van der Waals surface area contributed by atoms with E-state index in [-0.39, 0.29) is 0 Å². The average molecular weight is 237 g/mol. The smallest absolute Gasteiger partial charge is 0.0624 e. The van der Waals surface area contributed by atoms with Gasteiger partial charge in [0, 0.05) is 18.3 Å². The van der Waals surface area contributed by atoms with Crippen LogP contribution in [0.3, 0.4) is 0 Å². The maximum absolute atomic E-state index is 4.62. The van der Waals surface area contributed by atoms with Crippen LogP contribution in [-0.4, -0.2) is 22.4 Å². The third kappa shape index (κ3) is 4.50. The van der Waals surface area contributed by atoms with Crippen LogP contribution < -0.4 is 5.32 Å². The molecule has 3 heteroatoms. The Morgan fingerprint density at radius 3 is 2.65 bits per heavy atom. The van der Waals surface area contributed by atoms with E-state index in [1.807, 2.05) is 0 Å². The summed E-state index contributed by atoms with van der Waals surface area (Å²) in [5.74, 6) is 0. The van der Waals surface area contributed by atoms with Crippen molar-refractivity contribution in [2.45, 2.75) is 66.0 Å². The van der Waals surface area contributed by atoms with Gasteiger partial charge in [-0.1, -0.05) is 27.2 Å². The number of nitrogens with one attached hydrogen (secondary N) is 1. The summed E-state index contributed by atoms with van der Waals surface area (Å²) in [6.45, 7) is 10.8. The van der Waals surface area contributed by atoms with E-state index in [0.29, 0.717) is 6.04 Å². The van der Waals surface area contributed by atoms with Gasteiger partial charge in [0.05, 0.1) is 12.2 Å². The third-order valence-corrected chi connectivity index (χ3v) is 3.18. The predicted octanol–water partition coefficient (Wildman–Crippen LogP) is 2.79. The average Bonchev–Trinajstić information content (AvgIpc) is 2.72. The Bertz CT molecular complexity index is 317. The van der Waals surface area contributed by atoms with E-state index in [1.54, 1.807) is 0 Å². The predicted molar refractivity (Wildman–Crippen MR) is 73.4 cm³/mol. The SMILES string of the molecule is CCCC(C)NCCn1nc(CC)cc1CC. The lowest BCUT2D eigenvalue weighted by Gasteiger charge is -2.13. The van der Waals surface area contributed by atoms with Crippen molar-refractivity contribution in [3.63, 3.8) is 0 Å². The van der Waals surface area contributed by atoms with Crippen molar-refractivity contribution < 1.29 is 0 Å². The van der Waals surface area contributed by atoms with Gasteiger partial charge in [-0.2, -0.15) is 5.10 Å². The molecule has 1 N–H and O–H groups in total. The van der Waals surface area contributed by atoms with Gasteiger partial charge in [-0.25, -0.2) is 0 Å². The van der Waals surface area contributed by atoms with Gasteiger partial charge in [0.15, 0.2) is 0 Å². The quantitative estimate of drug-likeness (QED) is 0.753. The van der Waals surface area contributed by atoms with Crippen LogP contribution in [0.4, 0.5) is 0 Å². The summed E-state index contributed by atoms with van der Waals surface area (Å²) < 4.78 is 2.16. The van der Waals surface area contributed by atoms with Crippen molar-refractivity contribution in [2.75, 3.05) is 6.54 Å². The van der Waals surface area contributed by atoms with Gasteiger partial charge < -0.3 is 5.32 Å². The lowest BCUT2D eigenvalue weighted by Crippen LogP contribution is -2.29. The molecule has 0 aromatic carbocycles. The fourth-order valence-corrected chi connectivity index (χ4v) is 2.12. The largest absolute Gasteiger partial charge is 0.312 e. The third-order valence-electron chi connectivity index (χ3n) is 3.18. The topological polar surface area (TPSA) is 29.9 Å². The Labute approximate surface area is 106 Å². The summed E-state index contributed by atoms with van der Waals surface area (Å²) >= 11 is 0. The molecule has 0 aliphatic carbocycles. The summed E-state index contributed by atoms with van der Waals surface area (Å²) in [6, 6.07) is 2.85. The molecule has 1 rings (SSSR count). The lowest BCUT2D eigenvalue weighted by molar-refractivity contribution is 0.465. The van der Waals surface area contributed by atoms with Crippen molar-refractivity contribution in [1.82, 2.24) is 15.1 Å². The first-order valence-electron chi connectivity index (χ1n) is 7.00. The van der Waals surface area contributed by atoms with Crippen molar-refractivity contribution in [2.24, 2.45) is 0 Å². The molecule has 0 aliphatic heterocycles. The molecule has 0 spiro atoms. The van der Waals surface area contributed by atoms with E-state index >= 15 is 0 Å². The molecule has 0 amide bonds. The molecule has 0 fully saturated rings. The van der Waals surface area contributed by atoms with Crippen LogP contribution in [0.25, 0.3) is 0 Å². The molecule has 0 radical (unpaired) electrons. The Kier molecular flexibility index (Phi) is 6.27. The summed E-state index contributed by atoms with van der Waals surface area (Å²) in [7, 11) is 0. The lowest BCUT2D eigenvalue weighted by atomic mass is 10.2. The van der Waals surface area contributed by atoms with Crippen LogP contribution >= 0.6 is 0 Å². The maximum atomic E-state index is 4.62.